The van der Waals surface area contributed by atoms with Gasteiger partial charge in [0.25, 0.3) is 0 Å². The van der Waals surface area contributed by atoms with Gasteiger partial charge in [-0.2, -0.15) is 0 Å². The first-order valence-corrected chi connectivity index (χ1v) is 9.08. The van der Waals surface area contributed by atoms with Crippen molar-refractivity contribution in [3.63, 3.8) is 0 Å². The van der Waals surface area contributed by atoms with Gasteiger partial charge >= 0.3 is 0 Å². The highest BCUT2D eigenvalue weighted by molar-refractivity contribution is 6.31. The zero-order valence-corrected chi connectivity index (χ0v) is 15.6. The van der Waals surface area contributed by atoms with Gasteiger partial charge in [-0.05, 0) is 32.4 Å². The van der Waals surface area contributed by atoms with E-state index in [1.807, 2.05) is 24.3 Å². The summed E-state index contributed by atoms with van der Waals surface area (Å²) in [6.45, 7) is 11.4. The van der Waals surface area contributed by atoms with Gasteiger partial charge in [-0.15, -0.1) is 0 Å². The van der Waals surface area contributed by atoms with Gasteiger partial charge in [0.15, 0.2) is 5.96 Å². The van der Waals surface area contributed by atoms with E-state index in [0.29, 0.717) is 18.6 Å². The minimum Gasteiger partial charge on any atom is -0.379 e. The van der Waals surface area contributed by atoms with Crippen LogP contribution in [-0.4, -0.2) is 55.8 Å². The molecule has 1 heterocycles. The molecule has 2 unspecified atom stereocenters. The fourth-order valence-electron chi connectivity index (χ4n) is 2.89. The summed E-state index contributed by atoms with van der Waals surface area (Å²) in [5, 5.41) is 7.49. The standard InChI is InChI=1S/C18H29ClN4O/c1-4-20-18(22-12-16-7-5-6-8-17(16)19)21-11-14(2)23-9-10-24-13-15(23)3/h5-8,14-15H,4,9-13H2,1-3H3,(H2,20,21,22). The molecular formula is C18H29ClN4O. The Morgan fingerprint density at radius 2 is 2.21 bits per heavy atom. The highest BCUT2D eigenvalue weighted by Gasteiger charge is 2.23. The van der Waals surface area contributed by atoms with Gasteiger partial charge in [0.05, 0.1) is 19.8 Å². The van der Waals surface area contributed by atoms with Crippen LogP contribution in [0.2, 0.25) is 5.02 Å². The van der Waals surface area contributed by atoms with Crippen LogP contribution in [0, 0.1) is 0 Å². The molecule has 24 heavy (non-hydrogen) atoms. The molecule has 1 aromatic rings. The van der Waals surface area contributed by atoms with E-state index < -0.39 is 0 Å². The predicted octanol–water partition coefficient (Wildman–Crippen LogP) is 2.50. The van der Waals surface area contributed by atoms with Crippen molar-refractivity contribution < 1.29 is 4.74 Å². The van der Waals surface area contributed by atoms with Crippen LogP contribution in [0.3, 0.4) is 0 Å². The third-order valence-corrected chi connectivity index (χ3v) is 4.63. The van der Waals surface area contributed by atoms with Crippen molar-refractivity contribution in [1.29, 1.82) is 0 Å². The van der Waals surface area contributed by atoms with Crippen LogP contribution in [0.25, 0.3) is 0 Å². The largest absolute Gasteiger partial charge is 0.379 e. The summed E-state index contributed by atoms with van der Waals surface area (Å²) in [6, 6.07) is 8.71. The third kappa shape index (κ3) is 5.65. The number of aliphatic imine (C=N–C) groups is 1. The van der Waals surface area contributed by atoms with Crippen LogP contribution in [0.4, 0.5) is 0 Å². The van der Waals surface area contributed by atoms with Crippen LogP contribution >= 0.6 is 11.6 Å². The van der Waals surface area contributed by atoms with Crippen LogP contribution in [0.5, 0.6) is 0 Å². The fraction of sp³-hybridized carbons (Fsp3) is 0.611. The number of nitrogens with zero attached hydrogens (tertiary/aromatic N) is 2. The van der Waals surface area contributed by atoms with Crippen molar-refractivity contribution in [3.05, 3.63) is 34.9 Å². The van der Waals surface area contributed by atoms with E-state index in [1.54, 1.807) is 0 Å². The van der Waals surface area contributed by atoms with E-state index in [1.165, 1.54) is 0 Å². The number of rotatable bonds is 6. The third-order valence-electron chi connectivity index (χ3n) is 4.26. The second-order valence-electron chi connectivity index (χ2n) is 6.18. The summed E-state index contributed by atoms with van der Waals surface area (Å²) in [4.78, 5) is 7.13. The van der Waals surface area contributed by atoms with Gasteiger partial charge in [-0.25, -0.2) is 4.99 Å². The predicted molar refractivity (Wildman–Crippen MR) is 101 cm³/mol. The molecule has 1 saturated heterocycles. The molecule has 1 aliphatic heterocycles. The number of benzene rings is 1. The molecule has 1 aromatic carbocycles. The lowest BCUT2D eigenvalue weighted by Crippen LogP contribution is -2.53. The molecule has 1 fully saturated rings. The minimum atomic E-state index is 0.424. The molecule has 0 saturated carbocycles. The lowest BCUT2D eigenvalue weighted by atomic mass is 10.2. The molecule has 134 valence electrons. The van der Waals surface area contributed by atoms with Gasteiger partial charge in [-0.3, -0.25) is 4.90 Å². The summed E-state index contributed by atoms with van der Waals surface area (Å²) in [6.07, 6.45) is 0. The van der Waals surface area contributed by atoms with Crippen LogP contribution in [0.15, 0.2) is 29.3 Å². The zero-order chi connectivity index (χ0) is 17.4. The molecule has 2 rings (SSSR count). The van der Waals surface area contributed by atoms with Crippen LogP contribution in [-0.2, 0) is 11.3 Å². The number of ether oxygens (including phenoxy) is 1. The summed E-state index contributed by atoms with van der Waals surface area (Å²) in [7, 11) is 0. The van der Waals surface area contributed by atoms with E-state index in [2.05, 4.69) is 41.3 Å². The monoisotopic (exact) mass is 352 g/mol. The van der Waals surface area contributed by atoms with E-state index in [9.17, 15) is 0 Å². The molecule has 6 heteroatoms. The average Bonchev–Trinajstić information content (AvgIpc) is 2.58. The SMILES string of the molecule is CCNC(=NCc1ccccc1Cl)NCC(C)N1CCOCC1C. The van der Waals surface area contributed by atoms with Crippen molar-refractivity contribution >= 4 is 17.6 Å². The van der Waals surface area contributed by atoms with Crippen molar-refractivity contribution in [1.82, 2.24) is 15.5 Å². The lowest BCUT2D eigenvalue weighted by Gasteiger charge is -2.38. The molecule has 0 amide bonds. The summed E-state index contributed by atoms with van der Waals surface area (Å²) in [5.41, 5.74) is 1.03. The molecule has 5 nitrogen and oxygen atoms in total. The maximum atomic E-state index is 6.20. The molecule has 2 atom stereocenters. The highest BCUT2D eigenvalue weighted by atomic mass is 35.5. The number of morpholine rings is 1. The smallest absolute Gasteiger partial charge is 0.191 e. The van der Waals surface area contributed by atoms with Gasteiger partial charge in [0.2, 0.25) is 0 Å². The normalized spacial score (nSPS) is 20.7. The van der Waals surface area contributed by atoms with Crippen molar-refractivity contribution in [2.24, 2.45) is 4.99 Å². The van der Waals surface area contributed by atoms with Gasteiger partial charge in [0.1, 0.15) is 0 Å². The van der Waals surface area contributed by atoms with E-state index >= 15 is 0 Å². The van der Waals surface area contributed by atoms with Crippen molar-refractivity contribution in [2.75, 3.05) is 32.8 Å². The Morgan fingerprint density at radius 1 is 1.42 bits per heavy atom. The number of nitrogens with one attached hydrogen (secondary N) is 2. The zero-order valence-electron chi connectivity index (χ0n) is 14.9. The Kier molecular flexibility index (Phi) is 7.82. The molecule has 1 aliphatic rings. The maximum absolute atomic E-state index is 6.20. The molecule has 0 aromatic heterocycles. The van der Waals surface area contributed by atoms with Crippen LogP contribution < -0.4 is 10.6 Å². The summed E-state index contributed by atoms with van der Waals surface area (Å²) >= 11 is 6.20. The van der Waals surface area contributed by atoms with Gasteiger partial charge in [0, 0.05) is 36.7 Å². The molecule has 0 radical (unpaired) electrons. The molecule has 2 N–H and O–H groups in total. The Hall–Kier alpha value is -1.30. The quantitative estimate of drug-likeness (QED) is 0.610. The lowest BCUT2D eigenvalue weighted by molar-refractivity contribution is -0.0174. The van der Waals surface area contributed by atoms with E-state index in [4.69, 9.17) is 16.3 Å². The Balaban J connectivity index is 1.90. The molecule has 0 aliphatic carbocycles. The van der Waals surface area contributed by atoms with Gasteiger partial charge in [-0.1, -0.05) is 29.8 Å². The van der Waals surface area contributed by atoms with Crippen molar-refractivity contribution in [3.8, 4) is 0 Å². The summed E-state index contributed by atoms with van der Waals surface area (Å²) in [5.74, 6) is 0.824. The average molecular weight is 353 g/mol. The second-order valence-corrected chi connectivity index (χ2v) is 6.59. The number of halogens is 1. The first-order chi connectivity index (χ1) is 11.6. The maximum Gasteiger partial charge on any atom is 0.191 e. The topological polar surface area (TPSA) is 48.9 Å². The molecular weight excluding hydrogens is 324 g/mol. The first-order valence-electron chi connectivity index (χ1n) is 8.71. The molecule has 0 bridgehead atoms. The van der Waals surface area contributed by atoms with Crippen LogP contribution in [0.1, 0.15) is 26.3 Å². The second kappa shape index (κ2) is 9.87. The summed E-state index contributed by atoms with van der Waals surface area (Å²) < 4.78 is 5.51. The Labute approximate surface area is 150 Å². The van der Waals surface area contributed by atoms with E-state index in [-0.39, 0.29) is 0 Å². The highest BCUT2D eigenvalue weighted by Crippen LogP contribution is 2.15. The number of guanidine groups is 1. The van der Waals surface area contributed by atoms with Gasteiger partial charge < -0.3 is 15.4 Å². The minimum absolute atomic E-state index is 0.424. The van der Waals surface area contributed by atoms with Crippen molar-refractivity contribution in [2.45, 2.75) is 39.4 Å². The number of hydrogen-bond donors (Lipinski definition) is 2. The van der Waals surface area contributed by atoms with E-state index in [0.717, 1.165) is 49.4 Å². The Bertz CT molecular complexity index is 538. The fourth-order valence-corrected chi connectivity index (χ4v) is 3.08. The first kappa shape index (κ1) is 19.0. The molecule has 0 spiro atoms. The number of hydrogen-bond acceptors (Lipinski definition) is 3. The Morgan fingerprint density at radius 3 is 2.92 bits per heavy atom.